The van der Waals surface area contributed by atoms with E-state index in [0.29, 0.717) is 11.5 Å². The highest BCUT2D eigenvalue weighted by atomic mass is 19.1. The van der Waals surface area contributed by atoms with Gasteiger partial charge in [-0.05, 0) is 12.1 Å². The molecule has 2 aromatic rings. The van der Waals surface area contributed by atoms with Gasteiger partial charge in [0.05, 0.1) is 12.4 Å². The van der Waals surface area contributed by atoms with E-state index in [-0.39, 0.29) is 5.82 Å². The van der Waals surface area contributed by atoms with Crippen LogP contribution >= 0.6 is 0 Å². The summed E-state index contributed by atoms with van der Waals surface area (Å²) in [5, 5.41) is 0. The van der Waals surface area contributed by atoms with Gasteiger partial charge in [0.25, 0.3) is 0 Å². The maximum absolute atomic E-state index is 13.1. The zero-order valence-corrected chi connectivity index (χ0v) is 7.22. The predicted octanol–water partition coefficient (Wildman–Crippen LogP) is 2.38. The number of nitrogens with zero attached hydrogens (tertiary/aromatic N) is 2. The minimum Gasteiger partial charge on any atom is -0.445 e. The lowest BCUT2D eigenvalue weighted by Crippen LogP contribution is -1.82. The highest BCUT2D eigenvalue weighted by molar-refractivity contribution is 5.65. The van der Waals surface area contributed by atoms with Gasteiger partial charge in [-0.1, -0.05) is 0 Å². The molecule has 0 aliphatic carbocycles. The molecule has 0 aliphatic heterocycles. The van der Waals surface area contributed by atoms with Crippen LogP contribution in [0, 0.1) is 5.82 Å². The molecule has 4 heteroatoms. The zero-order chi connectivity index (χ0) is 9.80. The second kappa shape index (κ2) is 3.83. The monoisotopic (exact) mass is 190 g/mol. The van der Waals surface area contributed by atoms with Crippen molar-refractivity contribution in [3.8, 4) is 0 Å². The molecule has 0 atom stereocenters. The number of hydrogen-bond acceptors (Lipinski definition) is 3. The molecule has 0 saturated heterocycles. The van der Waals surface area contributed by atoms with E-state index in [1.54, 1.807) is 18.2 Å². The van der Waals surface area contributed by atoms with Crippen molar-refractivity contribution in [2.24, 2.45) is 0 Å². The van der Waals surface area contributed by atoms with Crippen molar-refractivity contribution < 1.29 is 8.81 Å². The SMILES string of the molecule is Fc1cnccc1C=Cc1ncco1. The Kier molecular flexibility index (Phi) is 2.36. The van der Waals surface area contributed by atoms with Gasteiger partial charge in [0, 0.05) is 17.8 Å². The maximum atomic E-state index is 13.1. The molecular formula is C10H7FN2O. The molecule has 0 aromatic carbocycles. The Balaban J connectivity index is 2.23. The quantitative estimate of drug-likeness (QED) is 0.729. The third kappa shape index (κ3) is 1.85. The highest BCUT2D eigenvalue weighted by Gasteiger charge is 1.96. The fraction of sp³-hybridized carbons (Fsp3) is 0. The number of halogens is 1. The van der Waals surface area contributed by atoms with Gasteiger partial charge in [-0.25, -0.2) is 9.37 Å². The van der Waals surface area contributed by atoms with Crippen LogP contribution in [0.5, 0.6) is 0 Å². The molecule has 2 aromatic heterocycles. The number of pyridine rings is 1. The van der Waals surface area contributed by atoms with E-state index in [1.165, 1.54) is 18.7 Å². The van der Waals surface area contributed by atoms with Crippen molar-refractivity contribution in [2.75, 3.05) is 0 Å². The van der Waals surface area contributed by atoms with Gasteiger partial charge in [-0.2, -0.15) is 0 Å². The molecule has 14 heavy (non-hydrogen) atoms. The summed E-state index contributed by atoms with van der Waals surface area (Å²) in [6, 6.07) is 1.58. The fourth-order valence-corrected chi connectivity index (χ4v) is 0.999. The van der Waals surface area contributed by atoms with Crippen molar-refractivity contribution in [1.82, 2.24) is 9.97 Å². The van der Waals surface area contributed by atoms with Crippen LogP contribution in [0.15, 0.2) is 35.3 Å². The summed E-state index contributed by atoms with van der Waals surface area (Å²) < 4.78 is 18.0. The van der Waals surface area contributed by atoms with Gasteiger partial charge >= 0.3 is 0 Å². The van der Waals surface area contributed by atoms with E-state index in [4.69, 9.17) is 4.42 Å². The topological polar surface area (TPSA) is 38.9 Å². The molecule has 0 saturated carbocycles. The first kappa shape index (κ1) is 8.62. The molecule has 0 spiro atoms. The molecule has 0 radical (unpaired) electrons. The van der Waals surface area contributed by atoms with Gasteiger partial charge in [-0.15, -0.1) is 0 Å². The summed E-state index contributed by atoms with van der Waals surface area (Å²) in [7, 11) is 0. The minimum atomic E-state index is -0.365. The maximum Gasteiger partial charge on any atom is 0.218 e. The summed E-state index contributed by atoms with van der Waals surface area (Å²) in [6.07, 6.45) is 8.86. The van der Waals surface area contributed by atoms with Crippen LogP contribution in [0.1, 0.15) is 11.5 Å². The van der Waals surface area contributed by atoms with Crippen LogP contribution in [0.25, 0.3) is 12.2 Å². The molecule has 0 N–H and O–H groups in total. The molecule has 0 unspecified atom stereocenters. The molecule has 0 aliphatic rings. The third-order valence-electron chi connectivity index (χ3n) is 1.66. The standard InChI is InChI=1S/C10H7FN2O/c11-9-7-12-4-3-8(9)1-2-10-13-5-6-14-10/h1-7H. The van der Waals surface area contributed by atoms with Gasteiger partial charge in [0.15, 0.2) is 0 Å². The van der Waals surface area contributed by atoms with Crippen LogP contribution in [0.3, 0.4) is 0 Å². The Morgan fingerprint density at radius 3 is 2.93 bits per heavy atom. The smallest absolute Gasteiger partial charge is 0.218 e. The van der Waals surface area contributed by atoms with Gasteiger partial charge in [-0.3, -0.25) is 4.98 Å². The number of oxazole rings is 1. The third-order valence-corrected chi connectivity index (χ3v) is 1.66. The predicted molar refractivity (Wildman–Crippen MR) is 49.6 cm³/mol. The number of hydrogen-bond donors (Lipinski definition) is 0. The summed E-state index contributed by atoms with van der Waals surface area (Å²) >= 11 is 0. The average Bonchev–Trinajstić information content (AvgIpc) is 2.69. The Labute approximate surface area is 79.9 Å². The second-order valence-electron chi connectivity index (χ2n) is 2.60. The number of rotatable bonds is 2. The molecule has 0 fully saturated rings. The summed E-state index contributed by atoms with van der Waals surface area (Å²) in [5.74, 6) is 0.0801. The van der Waals surface area contributed by atoms with Crippen molar-refractivity contribution in [1.29, 1.82) is 0 Å². The van der Waals surface area contributed by atoms with Gasteiger partial charge in [0.2, 0.25) is 5.89 Å². The summed E-state index contributed by atoms with van der Waals surface area (Å²) in [6.45, 7) is 0. The lowest BCUT2D eigenvalue weighted by molar-refractivity contribution is 0.547. The second-order valence-corrected chi connectivity index (χ2v) is 2.60. The van der Waals surface area contributed by atoms with Crippen LogP contribution in [0.4, 0.5) is 4.39 Å². The van der Waals surface area contributed by atoms with Crippen LogP contribution in [0.2, 0.25) is 0 Å². The van der Waals surface area contributed by atoms with Crippen molar-refractivity contribution in [2.45, 2.75) is 0 Å². The highest BCUT2D eigenvalue weighted by Crippen LogP contribution is 2.09. The Morgan fingerprint density at radius 1 is 1.29 bits per heavy atom. The fourth-order valence-electron chi connectivity index (χ4n) is 0.999. The molecule has 2 heterocycles. The van der Waals surface area contributed by atoms with Gasteiger partial charge in [0.1, 0.15) is 12.1 Å². The van der Waals surface area contributed by atoms with Crippen molar-refractivity contribution in [3.05, 3.63) is 48.2 Å². The Bertz CT molecular complexity index is 437. The van der Waals surface area contributed by atoms with Crippen LogP contribution < -0.4 is 0 Å². The largest absolute Gasteiger partial charge is 0.445 e. The number of aromatic nitrogens is 2. The molecule has 2 rings (SSSR count). The first-order valence-corrected chi connectivity index (χ1v) is 4.03. The lowest BCUT2D eigenvalue weighted by Gasteiger charge is -1.92. The average molecular weight is 190 g/mol. The van der Waals surface area contributed by atoms with E-state index in [1.807, 2.05) is 0 Å². The molecule has 70 valence electrons. The van der Waals surface area contributed by atoms with E-state index < -0.39 is 0 Å². The van der Waals surface area contributed by atoms with E-state index in [9.17, 15) is 4.39 Å². The van der Waals surface area contributed by atoms with Crippen LogP contribution in [-0.2, 0) is 0 Å². The molecule has 0 amide bonds. The first-order chi connectivity index (χ1) is 6.86. The minimum absolute atomic E-state index is 0.365. The normalized spacial score (nSPS) is 10.9. The molecule has 0 bridgehead atoms. The van der Waals surface area contributed by atoms with Crippen molar-refractivity contribution >= 4 is 12.2 Å². The molecular weight excluding hydrogens is 183 g/mol. The lowest BCUT2D eigenvalue weighted by atomic mass is 10.2. The Hall–Kier alpha value is -1.97. The Morgan fingerprint density at radius 2 is 2.21 bits per heavy atom. The summed E-state index contributed by atoms with van der Waals surface area (Å²) in [4.78, 5) is 7.51. The van der Waals surface area contributed by atoms with Crippen molar-refractivity contribution in [3.63, 3.8) is 0 Å². The van der Waals surface area contributed by atoms with E-state index in [0.717, 1.165) is 6.20 Å². The zero-order valence-electron chi connectivity index (χ0n) is 7.22. The van der Waals surface area contributed by atoms with Gasteiger partial charge < -0.3 is 4.42 Å². The first-order valence-electron chi connectivity index (χ1n) is 4.03. The van der Waals surface area contributed by atoms with E-state index in [2.05, 4.69) is 9.97 Å². The summed E-state index contributed by atoms with van der Waals surface area (Å²) in [5.41, 5.74) is 0.457. The van der Waals surface area contributed by atoms with Crippen LogP contribution in [-0.4, -0.2) is 9.97 Å². The molecule has 3 nitrogen and oxygen atoms in total. The van der Waals surface area contributed by atoms with E-state index >= 15 is 0 Å².